The number of carbonyl (C=O) groups excluding carboxylic acids is 1. The van der Waals surface area contributed by atoms with Crippen LogP contribution in [0.3, 0.4) is 0 Å². The lowest BCUT2D eigenvalue weighted by molar-refractivity contribution is -0.106. The monoisotopic (exact) mass is 511 g/mol. The maximum absolute atomic E-state index is 13.4. The number of anilines is 2. The van der Waals surface area contributed by atoms with Crippen LogP contribution < -0.4 is 16.0 Å². The summed E-state index contributed by atoms with van der Waals surface area (Å²) in [5, 5.41) is 3.45. The second kappa shape index (κ2) is 13.2. The lowest BCUT2D eigenvalue weighted by atomic mass is 10.1. The molecule has 9 heteroatoms. The summed E-state index contributed by atoms with van der Waals surface area (Å²) in [6, 6.07) is 17.0. The molecule has 1 amide bonds. The molecule has 2 heterocycles. The van der Waals surface area contributed by atoms with E-state index < -0.39 is 0 Å². The predicted molar refractivity (Wildman–Crippen MR) is 145 cm³/mol. The molecule has 0 saturated carbocycles. The Labute approximate surface area is 216 Å². The van der Waals surface area contributed by atoms with Crippen molar-refractivity contribution in [1.82, 2.24) is 9.97 Å². The first-order valence-electron chi connectivity index (χ1n) is 12.0. The zero-order valence-corrected chi connectivity index (χ0v) is 21.9. The maximum Gasteiger partial charge on any atom is 0.204 e. The average molecular weight is 512 g/mol. The van der Waals surface area contributed by atoms with Crippen LogP contribution in [-0.4, -0.2) is 42.8 Å². The summed E-state index contributed by atoms with van der Waals surface area (Å²) in [6.07, 6.45) is 2.56. The topological polar surface area (TPSA) is 93.4 Å². The molecule has 1 saturated heterocycles. The third kappa shape index (κ3) is 7.66. The first kappa shape index (κ1) is 27.4. The van der Waals surface area contributed by atoms with E-state index in [2.05, 4.69) is 67.1 Å². The van der Waals surface area contributed by atoms with Crippen molar-refractivity contribution in [3.8, 4) is 11.4 Å². The Bertz CT molecular complexity index is 1100. The number of nitrogens with one attached hydrogen (secondary N) is 1. The van der Waals surface area contributed by atoms with Crippen molar-refractivity contribution < 1.29 is 13.9 Å². The van der Waals surface area contributed by atoms with Crippen LogP contribution >= 0.6 is 11.8 Å². The van der Waals surface area contributed by atoms with Crippen LogP contribution in [0.2, 0.25) is 0 Å². The zero-order valence-electron chi connectivity index (χ0n) is 21.0. The quantitative estimate of drug-likeness (QED) is 0.225. The third-order valence-corrected chi connectivity index (χ3v) is 6.82. The molecule has 1 aliphatic rings. The van der Waals surface area contributed by atoms with Crippen molar-refractivity contribution in [2.45, 2.75) is 43.3 Å². The molecule has 3 N–H and O–H groups in total. The Morgan fingerprint density at radius 3 is 2.47 bits per heavy atom. The molecule has 192 valence electrons. The van der Waals surface area contributed by atoms with E-state index in [1.54, 1.807) is 11.8 Å². The summed E-state index contributed by atoms with van der Waals surface area (Å²) in [6.45, 7) is 9.46. The zero-order chi connectivity index (χ0) is 26.0. The Morgan fingerprint density at radius 1 is 1.17 bits per heavy atom. The second-order valence-corrected chi connectivity index (χ2v) is 10.5. The lowest BCUT2D eigenvalue weighted by Gasteiger charge is -2.26. The summed E-state index contributed by atoms with van der Waals surface area (Å²) < 4.78 is 18.6. The standard InChI is InChI=1S/C26H31FN4OS.CH3NO/c1-4-5-14-28-21-10-6-19(7-11-21)25-29-23(17-24(30-25)31-15-16-32-18-31)26(2,3)33-22-12-8-20(27)9-13-22;2-1-3/h6-13,17,28H,4-5,14-16,18H2,1-3H3;1H,(H2,2,3). The van der Waals surface area contributed by atoms with Gasteiger partial charge in [0, 0.05) is 35.3 Å². The average Bonchev–Trinajstić information content (AvgIpc) is 3.41. The van der Waals surface area contributed by atoms with Gasteiger partial charge in [0.05, 0.1) is 17.0 Å². The molecule has 0 radical (unpaired) electrons. The van der Waals surface area contributed by atoms with Crippen LogP contribution in [0.5, 0.6) is 0 Å². The minimum Gasteiger partial charge on any atom is -0.385 e. The minimum absolute atomic E-state index is 0.231. The van der Waals surface area contributed by atoms with E-state index in [0.717, 1.165) is 47.2 Å². The molecule has 3 aromatic rings. The smallest absolute Gasteiger partial charge is 0.204 e. The summed E-state index contributed by atoms with van der Waals surface area (Å²) >= 11 is 1.66. The number of halogens is 1. The van der Waals surface area contributed by atoms with Crippen molar-refractivity contribution in [3.05, 3.63) is 66.1 Å². The van der Waals surface area contributed by atoms with Crippen LogP contribution in [0, 0.1) is 5.82 Å². The van der Waals surface area contributed by atoms with Gasteiger partial charge in [0.15, 0.2) is 5.82 Å². The molecule has 4 rings (SSSR count). The highest BCUT2D eigenvalue weighted by atomic mass is 32.2. The van der Waals surface area contributed by atoms with Crippen LogP contribution in [0.4, 0.5) is 15.9 Å². The second-order valence-electron chi connectivity index (χ2n) is 8.80. The number of ether oxygens (including phenoxy) is 1. The van der Waals surface area contributed by atoms with Gasteiger partial charge in [0.25, 0.3) is 0 Å². The Morgan fingerprint density at radius 2 is 1.86 bits per heavy atom. The van der Waals surface area contributed by atoms with Crippen LogP contribution in [-0.2, 0) is 14.3 Å². The van der Waals surface area contributed by atoms with Crippen LogP contribution in [0.1, 0.15) is 39.3 Å². The molecule has 0 atom stereocenters. The molecule has 2 aromatic carbocycles. The first-order valence-corrected chi connectivity index (χ1v) is 12.8. The summed E-state index contributed by atoms with van der Waals surface area (Å²) in [5.41, 5.74) is 7.17. The summed E-state index contributed by atoms with van der Waals surface area (Å²) in [7, 11) is 0. The summed E-state index contributed by atoms with van der Waals surface area (Å²) in [4.78, 5) is 21.6. The van der Waals surface area contributed by atoms with Gasteiger partial charge in [-0.2, -0.15) is 0 Å². The van der Waals surface area contributed by atoms with E-state index in [4.69, 9.17) is 19.5 Å². The third-order valence-electron chi connectivity index (χ3n) is 5.60. The molecule has 0 spiro atoms. The number of amides is 1. The lowest BCUT2D eigenvalue weighted by Crippen LogP contribution is -2.23. The van der Waals surface area contributed by atoms with Gasteiger partial charge in [-0.1, -0.05) is 13.3 Å². The van der Waals surface area contributed by atoms with Crippen molar-refractivity contribution >= 4 is 29.7 Å². The van der Waals surface area contributed by atoms with Gasteiger partial charge in [-0.25, -0.2) is 14.4 Å². The fraction of sp³-hybridized carbons (Fsp3) is 0.370. The van der Waals surface area contributed by atoms with E-state index in [0.29, 0.717) is 19.2 Å². The molecule has 1 aliphatic heterocycles. The fourth-order valence-corrected chi connectivity index (χ4v) is 4.70. The highest BCUT2D eigenvalue weighted by Gasteiger charge is 2.27. The summed E-state index contributed by atoms with van der Waals surface area (Å²) in [5.74, 6) is 1.33. The molecule has 36 heavy (non-hydrogen) atoms. The molecule has 1 aromatic heterocycles. The van der Waals surface area contributed by atoms with Crippen molar-refractivity contribution in [1.29, 1.82) is 0 Å². The Kier molecular flexibility index (Phi) is 10.1. The fourth-order valence-electron chi connectivity index (χ4n) is 3.62. The minimum atomic E-state index is -0.341. The molecule has 7 nitrogen and oxygen atoms in total. The van der Waals surface area contributed by atoms with Gasteiger partial charge < -0.3 is 20.7 Å². The molecule has 1 fully saturated rings. The largest absolute Gasteiger partial charge is 0.385 e. The van der Waals surface area contributed by atoms with E-state index in [1.807, 2.05) is 12.1 Å². The number of hydrogen-bond donors (Lipinski definition) is 2. The highest BCUT2D eigenvalue weighted by molar-refractivity contribution is 8.00. The molecule has 0 aliphatic carbocycles. The van der Waals surface area contributed by atoms with Gasteiger partial charge in [-0.15, -0.1) is 11.8 Å². The maximum atomic E-state index is 13.4. The van der Waals surface area contributed by atoms with E-state index >= 15 is 0 Å². The van der Waals surface area contributed by atoms with Gasteiger partial charge in [0.1, 0.15) is 18.4 Å². The number of nitrogens with two attached hydrogens (primary N) is 1. The van der Waals surface area contributed by atoms with E-state index in [-0.39, 0.29) is 17.0 Å². The molecular formula is C27H34FN5O2S. The number of thioether (sulfide) groups is 1. The van der Waals surface area contributed by atoms with Gasteiger partial charge in [0.2, 0.25) is 6.41 Å². The number of unbranched alkanes of at least 4 members (excludes halogenated alkanes) is 1. The van der Waals surface area contributed by atoms with Crippen molar-refractivity contribution in [2.24, 2.45) is 5.73 Å². The number of rotatable bonds is 9. The molecular weight excluding hydrogens is 477 g/mol. The number of benzene rings is 2. The number of carbonyl (C=O) groups is 1. The number of hydrogen-bond acceptors (Lipinski definition) is 7. The van der Waals surface area contributed by atoms with E-state index in [9.17, 15) is 4.39 Å². The first-order chi connectivity index (χ1) is 17.4. The normalized spacial score (nSPS) is 13.2. The number of nitrogens with zero attached hydrogens (tertiary/aromatic N) is 3. The predicted octanol–water partition coefficient (Wildman–Crippen LogP) is 5.42. The van der Waals surface area contributed by atoms with Crippen molar-refractivity contribution in [2.75, 3.05) is 36.6 Å². The number of primary amides is 1. The van der Waals surface area contributed by atoms with Gasteiger partial charge in [-0.3, -0.25) is 4.79 Å². The van der Waals surface area contributed by atoms with Gasteiger partial charge >= 0.3 is 0 Å². The van der Waals surface area contributed by atoms with Crippen molar-refractivity contribution in [3.63, 3.8) is 0 Å². The van der Waals surface area contributed by atoms with Crippen LogP contribution in [0.25, 0.3) is 11.4 Å². The van der Waals surface area contributed by atoms with Crippen LogP contribution in [0.15, 0.2) is 59.5 Å². The van der Waals surface area contributed by atoms with E-state index in [1.165, 1.54) is 18.6 Å². The Hall–Kier alpha value is -3.17. The highest BCUT2D eigenvalue weighted by Crippen LogP contribution is 2.41. The number of aromatic nitrogens is 2. The molecule has 0 unspecified atom stereocenters. The Balaban J connectivity index is 0.00000115. The molecule has 0 bridgehead atoms. The SMILES string of the molecule is CCCCNc1ccc(-c2nc(N3CCOC3)cc(C(C)(C)Sc3ccc(F)cc3)n2)cc1.NC=O. The van der Waals surface area contributed by atoms with Gasteiger partial charge in [-0.05, 0) is 68.8 Å².